The van der Waals surface area contributed by atoms with E-state index in [-0.39, 0.29) is 0 Å². The summed E-state index contributed by atoms with van der Waals surface area (Å²) >= 11 is 0. The first kappa shape index (κ1) is 9.51. The third-order valence-electron chi connectivity index (χ3n) is 3.90. The van der Waals surface area contributed by atoms with Gasteiger partial charge in [0, 0.05) is 0 Å². The first-order valence-electron chi connectivity index (χ1n) is 5.93. The van der Waals surface area contributed by atoms with Crippen LogP contribution < -0.4 is 0 Å². The molecule has 1 heteroatoms. The summed E-state index contributed by atoms with van der Waals surface area (Å²) in [7, 11) is 0. The molecule has 1 aliphatic heterocycles. The number of rotatable bonds is 3. The second-order valence-corrected chi connectivity index (χ2v) is 5.52. The van der Waals surface area contributed by atoms with Gasteiger partial charge in [-0.1, -0.05) is 13.8 Å². The van der Waals surface area contributed by atoms with Crippen molar-refractivity contribution in [2.75, 3.05) is 19.6 Å². The van der Waals surface area contributed by atoms with Crippen LogP contribution in [-0.4, -0.2) is 24.5 Å². The van der Waals surface area contributed by atoms with Crippen molar-refractivity contribution in [1.29, 1.82) is 0 Å². The van der Waals surface area contributed by atoms with E-state index in [1.54, 1.807) is 0 Å². The van der Waals surface area contributed by atoms with Gasteiger partial charge in [-0.25, -0.2) is 0 Å². The van der Waals surface area contributed by atoms with Gasteiger partial charge in [0.15, 0.2) is 0 Å². The molecule has 1 nitrogen and oxygen atoms in total. The smallest absolute Gasteiger partial charge is 0.00134 e. The predicted molar refractivity (Wildman–Crippen MR) is 56.8 cm³/mol. The molecule has 1 spiro atoms. The second kappa shape index (κ2) is 3.61. The van der Waals surface area contributed by atoms with E-state index in [0.717, 1.165) is 11.3 Å². The van der Waals surface area contributed by atoms with Crippen molar-refractivity contribution in [3.05, 3.63) is 0 Å². The maximum absolute atomic E-state index is 2.67. The lowest BCUT2D eigenvalue weighted by molar-refractivity contribution is 0.166. The Morgan fingerprint density at radius 1 is 1.08 bits per heavy atom. The molecule has 76 valence electrons. The van der Waals surface area contributed by atoms with Gasteiger partial charge >= 0.3 is 0 Å². The van der Waals surface area contributed by atoms with Crippen LogP contribution in [0, 0.1) is 11.3 Å². The van der Waals surface area contributed by atoms with Crippen molar-refractivity contribution in [3.8, 4) is 0 Å². The lowest BCUT2D eigenvalue weighted by atomic mass is 9.93. The summed E-state index contributed by atoms with van der Waals surface area (Å²) in [5.41, 5.74) is 0.855. The molecule has 0 N–H and O–H groups in total. The monoisotopic (exact) mass is 181 g/mol. The Morgan fingerprint density at radius 2 is 1.69 bits per heavy atom. The summed E-state index contributed by atoms with van der Waals surface area (Å²) in [4.78, 5) is 2.67. The molecular weight excluding hydrogens is 158 g/mol. The SMILES string of the molecule is CC(C)CCN1CCC2(CC1)CC2. The Morgan fingerprint density at radius 3 is 2.15 bits per heavy atom. The molecule has 2 rings (SSSR count). The van der Waals surface area contributed by atoms with Crippen LogP contribution in [0.1, 0.15) is 46.0 Å². The summed E-state index contributed by atoms with van der Waals surface area (Å²) in [5, 5.41) is 0. The number of nitrogens with zero attached hydrogens (tertiary/aromatic N) is 1. The molecular formula is C12H23N. The van der Waals surface area contributed by atoms with Crippen LogP contribution in [0.3, 0.4) is 0 Å². The van der Waals surface area contributed by atoms with Gasteiger partial charge in [-0.15, -0.1) is 0 Å². The predicted octanol–water partition coefficient (Wildman–Crippen LogP) is 2.91. The summed E-state index contributed by atoms with van der Waals surface area (Å²) in [6.45, 7) is 8.76. The molecule has 0 amide bonds. The molecule has 0 aromatic carbocycles. The van der Waals surface area contributed by atoms with E-state index in [1.165, 1.54) is 51.7 Å². The zero-order valence-electron chi connectivity index (χ0n) is 9.18. The minimum atomic E-state index is 0.855. The highest BCUT2D eigenvalue weighted by Crippen LogP contribution is 2.53. The summed E-state index contributed by atoms with van der Waals surface area (Å²) in [6.07, 6.45) is 7.43. The average molecular weight is 181 g/mol. The third-order valence-corrected chi connectivity index (χ3v) is 3.90. The van der Waals surface area contributed by atoms with Crippen molar-refractivity contribution in [1.82, 2.24) is 4.90 Å². The molecule has 13 heavy (non-hydrogen) atoms. The quantitative estimate of drug-likeness (QED) is 0.647. The highest BCUT2D eigenvalue weighted by molar-refractivity contribution is 4.96. The fraction of sp³-hybridized carbons (Fsp3) is 1.00. The van der Waals surface area contributed by atoms with Gasteiger partial charge < -0.3 is 4.90 Å². The fourth-order valence-electron chi connectivity index (χ4n) is 2.37. The summed E-state index contributed by atoms with van der Waals surface area (Å²) in [5.74, 6) is 0.872. The lowest BCUT2D eigenvalue weighted by Crippen LogP contribution is -2.35. The highest BCUT2D eigenvalue weighted by atomic mass is 15.1. The zero-order chi connectivity index (χ0) is 9.31. The van der Waals surface area contributed by atoms with Crippen LogP contribution in [-0.2, 0) is 0 Å². The molecule has 0 aromatic rings. The summed E-state index contributed by atoms with van der Waals surface area (Å²) < 4.78 is 0. The molecule has 0 bridgehead atoms. The van der Waals surface area contributed by atoms with Crippen LogP contribution in [0.15, 0.2) is 0 Å². The Bertz CT molecular complexity index is 157. The van der Waals surface area contributed by atoms with Crippen molar-refractivity contribution in [2.45, 2.75) is 46.0 Å². The largest absolute Gasteiger partial charge is 0.303 e. The molecule has 2 fully saturated rings. The van der Waals surface area contributed by atoms with Crippen molar-refractivity contribution in [3.63, 3.8) is 0 Å². The number of piperidine rings is 1. The van der Waals surface area contributed by atoms with Crippen LogP contribution >= 0.6 is 0 Å². The zero-order valence-corrected chi connectivity index (χ0v) is 9.18. The molecule has 1 saturated heterocycles. The van der Waals surface area contributed by atoms with Crippen molar-refractivity contribution in [2.24, 2.45) is 11.3 Å². The number of likely N-dealkylation sites (tertiary alicyclic amines) is 1. The fourth-order valence-corrected chi connectivity index (χ4v) is 2.37. The van der Waals surface area contributed by atoms with E-state index in [0.29, 0.717) is 0 Å². The average Bonchev–Trinajstić information content (AvgIpc) is 2.85. The molecule has 0 unspecified atom stereocenters. The van der Waals surface area contributed by atoms with Crippen LogP contribution in [0.5, 0.6) is 0 Å². The van der Waals surface area contributed by atoms with Gasteiger partial charge in [0.05, 0.1) is 0 Å². The number of hydrogen-bond acceptors (Lipinski definition) is 1. The second-order valence-electron chi connectivity index (χ2n) is 5.52. The van der Waals surface area contributed by atoms with E-state index >= 15 is 0 Å². The minimum Gasteiger partial charge on any atom is -0.303 e. The molecule has 1 heterocycles. The summed E-state index contributed by atoms with van der Waals surface area (Å²) in [6, 6.07) is 0. The molecule has 1 saturated carbocycles. The van der Waals surface area contributed by atoms with Gasteiger partial charge in [0.1, 0.15) is 0 Å². The van der Waals surface area contributed by atoms with E-state index in [9.17, 15) is 0 Å². The standard InChI is InChI=1S/C12H23N/c1-11(2)3-8-13-9-6-12(4-5-12)7-10-13/h11H,3-10H2,1-2H3. The first-order valence-corrected chi connectivity index (χ1v) is 5.93. The highest BCUT2D eigenvalue weighted by Gasteiger charge is 2.44. The first-order chi connectivity index (χ1) is 6.20. The van der Waals surface area contributed by atoms with Crippen LogP contribution in [0.2, 0.25) is 0 Å². The number of hydrogen-bond donors (Lipinski definition) is 0. The van der Waals surface area contributed by atoms with Crippen LogP contribution in [0.4, 0.5) is 0 Å². The van der Waals surface area contributed by atoms with Gasteiger partial charge in [-0.05, 0) is 63.1 Å². The normalized spacial score (nSPS) is 27.0. The third kappa shape index (κ3) is 2.46. The Kier molecular flexibility index (Phi) is 2.64. The molecule has 0 atom stereocenters. The topological polar surface area (TPSA) is 3.24 Å². The van der Waals surface area contributed by atoms with Gasteiger partial charge in [-0.2, -0.15) is 0 Å². The molecule has 1 aliphatic carbocycles. The van der Waals surface area contributed by atoms with E-state index in [1.807, 2.05) is 0 Å². The van der Waals surface area contributed by atoms with E-state index in [4.69, 9.17) is 0 Å². The Labute approximate surface area is 82.5 Å². The van der Waals surface area contributed by atoms with Crippen molar-refractivity contribution < 1.29 is 0 Å². The van der Waals surface area contributed by atoms with Gasteiger partial charge in [0.2, 0.25) is 0 Å². The Hall–Kier alpha value is -0.0400. The van der Waals surface area contributed by atoms with Crippen LogP contribution in [0.25, 0.3) is 0 Å². The van der Waals surface area contributed by atoms with Crippen molar-refractivity contribution >= 4 is 0 Å². The molecule has 2 aliphatic rings. The maximum Gasteiger partial charge on any atom is -0.00134 e. The van der Waals surface area contributed by atoms with Gasteiger partial charge in [0.25, 0.3) is 0 Å². The molecule has 0 aromatic heterocycles. The Balaban J connectivity index is 1.66. The molecule has 0 radical (unpaired) electrons. The van der Waals surface area contributed by atoms with E-state index in [2.05, 4.69) is 18.7 Å². The van der Waals surface area contributed by atoms with E-state index < -0.39 is 0 Å². The maximum atomic E-state index is 2.67. The minimum absolute atomic E-state index is 0.855. The van der Waals surface area contributed by atoms with Gasteiger partial charge in [-0.3, -0.25) is 0 Å². The lowest BCUT2D eigenvalue weighted by Gasteiger charge is -2.32.